The number of aliphatic hydroxyl groups excluding tert-OH is 4. The van der Waals surface area contributed by atoms with Gasteiger partial charge in [0.15, 0.2) is 23.0 Å². The lowest BCUT2D eigenvalue weighted by Crippen LogP contribution is -2.60. The molecule has 2 aromatic heterocycles. The van der Waals surface area contributed by atoms with Crippen molar-refractivity contribution in [1.29, 1.82) is 0 Å². The Morgan fingerprint density at radius 1 is 0.895 bits per heavy atom. The molecule has 0 unspecified atom stereocenters. The van der Waals surface area contributed by atoms with Crippen LogP contribution >= 0.6 is 0 Å². The van der Waals surface area contributed by atoms with E-state index in [9.17, 15) is 30.3 Å². The van der Waals surface area contributed by atoms with E-state index in [4.69, 9.17) is 27.8 Å². The Labute approximate surface area is 214 Å². The third-order valence-electron chi connectivity index (χ3n) is 6.43. The van der Waals surface area contributed by atoms with Crippen LogP contribution in [0.1, 0.15) is 5.76 Å². The van der Waals surface area contributed by atoms with Gasteiger partial charge in [0, 0.05) is 10.9 Å². The third kappa shape index (κ3) is 4.22. The Bertz CT molecular complexity index is 1530. The van der Waals surface area contributed by atoms with Gasteiger partial charge in [0.1, 0.15) is 41.3 Å². The summed E-state index contributed by atoms with van der Waals surface area (Å²) in [4.78, 5) is 10.3. The number of ether oxygens (including phenoxy) is 4. The normalized spacial score (nSPS) is 23.6. The standard InChI is InChI=1S/C26H26O12/c1-10-4-13-19-14(35-10)7-12(28)8-15(19)36-24(11-5-16(33-2)20(29)17(6-11)34-3)25(13)38-26-23(32)22(31)21(30)18(9-27)37-26/h4-8,18,21-23,26-27,29-32H,9H2,1-3H3/p+1/t18-,21-,22+,23-,26+/m1/s1. The van der Waals surface area contributed by atoms with Gasteiger partial charge in [-0.25, -0.2) is 0 Å². The lowest BCUT2D eigenvalue weighted by atomic mass is 9.99. The maximum atomic E-state index is 10.7. The van der Waals surface area contributed by atoms with Gasteiger partial charge in [-0.1, -0.05) is 0 Å². The number of aliphatic hydroxyl groups is 4. The highest BCUT2D eigenvalue weighted by Gasteiger charge is 2.45. The zero-order valence-electron chi connectivity index (χ0n) is 20.6. The molecule has 3 heterocycles. The summed E-state index contributed by atoms with van der Waals surface area (Å²) in [6.45, 7) is 1.04. The van der Waals surface area contributed by atoms with E-state index >= 15 is 0 Å². The summed E-state index contributed by atoms with van der Waals surface area (Å²) in [7, 11) is 2.72. The van der Waals surface area contributed by atoms with Gasteiger partial charge in [0.25, 0.3) is 0 Å². The summed E-state index contributed by atoms with van der Waals surface area (Å²) in [6, 6.07) is 7.38. The van der Waals surface area contributed by atoms with Crippen LogP contribution in [0.4, 0.5) is 0 Å². The number of aryl methyl sites for hydroxylation is 1. The van der Waals surface area contributed by atoms with Crippen molar-refractivity contribution in [2.45, 2.75) is 37.6 Å². The highest BCUT2D eigenvalue weighted by Crippen LogP contribution is 2.47. The van der Waals surface area contributed by atoms with Crippen LogP contribution in [0.25, 0.3) is 33.3 Å². The van der Waals surface area contributed by atoms with Crippen molar-refractivity contribution in [3.8, 4) is 34.3 Å². The summed E-state index contributed by atoms with van der Waals surface area (Å²) in [6.07, 6.45) is -7.70. The Morgan fingerprint density at radius 2 is 1.53 bits per heavy atom. The topological polar surface area (TPSA) is 186 Å². The minimum atomic E-state index is -1.70. The molecule has 4 aromatic rings. The number of rotatable bonds is 6. The van der Waals surface area contributed by atoms with Crippen LogP contribution in [-0.2, 0) is 4.74 Å². The molecule has 0 saturated carbocycles. The number of hydrogen-bond acceptors (Lipinski definition) is 11. The maximum absolute atomic E-state index is 10.7. The van der Waals surface area contributed by atoms with Gasteiger partial charge in [0.2, 0.25) is 12.0 Å². The van der Waals surface area contributed by atoms with Gasteiger partial charge in [-0.2, -0.15) is 0 Å². The van der Waals surface area contributed by atoms with Crippen LogP contribution in [0.3, 0.4) is 0 Å². The van der Waals surface area contributed by atoms with Gasteiger partial charge in [-0.05, 0) is 25.1 Å². The number of phenols is 1. The highest BCUT2D eigenvalue weighted by atomic mass is 16.7. The molecule has 0 bridgehead atoms. The number of methoxy groups -OCH3 is 2. The smallest absolute Gasteiger partial charge is 0.347 e. The summed E-state index contributed by atoms with van der Waals surface area (Å²) in [5.74, 6) is 0.416. The fraction of sp³-hybridized carbons (Fsp3) is 0.346. The first-order valence-electron chi connectivity index (χ1n) is 11.6. The average molecular weight is 531 g/mol. The monoisotopic (exact) mass is 531 g/mol. The van der Waals surface area contributed by atoms with Crippen LogP contribution in [0, 0.1) is 6.92 Å². The minimum absolute atomic E-state index is 0.0335. The van der Waals surface area contributed by atoms with Crippen molar-refractivity contribution in [3.63, 3.8) is 0 Å². The maximum Gasteiger partial charge on any atom is 0.347 e. The molecule has 6 N–H and O–H groups in total. The quantitative estimate of drug-likeness (QED) is 0.224. The minimum Gasteiger partial charge on any atom is -0.502 e. The second-order valence-electron chi connectivity index (χ2n) is 8.89. The molecular weight excluding hydrogens is 504 g/mol. The fourth-order valence-electron chi connectivity index (χ4n) is 4.55. The summed E-state index contributed by atoms with van der Waals surface area (Å²) >= 11 is 0. The molecule has 0 radical (unpaired) electrons. The molecule has 202 valence electrons. The Kier molecular flexibility index (Phi) is 6.67. The highest BCUT2D eigenvalue weighted by molar-refractivity contribution is 6.09. The molecule has 0 aliphatic carbocycles. The summed E-state index contributed by atoms with van der Waals surface area (Å²) in [5.41, 5.74) is 0.703. The van der Waals surface area contributed by atoms with E-state index in [0.717, 1.165) is 0 Å². The average Bonchev–Trinajstić information content (AvgIpc) is 2.89. The first kappa shape index (κ1) is 25.8. The molecule has 5 atom stereocenters. The second kappa shape index (κ2) is 9.82. The fourth-order valence-corrected chi connectivity index (χ4v) is 4.55. The van der Waals surface area contributed by atoms with E-state index in [0.29, 0.717) is 22.1 Å². The van der Waals surface area contributed by atoms with Crippen LogP contribution in [0.2, 0.25) is 0 Å². The Balaban J connectivity index is 1.80. The van der Waals surface area contributed by atoms with Gasteiger partial charge in [-0.3, -0.25) is 4.79 Å². The van der Waals surface area contributed by atoms with E-state index in [1.807, 2.05) is 0 Å². The van der Waals surface area contributed by atoms with Crippen molar-refractivity contribution >= 4 is 21.9 Å². The molecule has 0 spiro atoms. The van der Waals surface area contributed by atoms with E-state index in [1.54, 1.807) is 13.0 Å². The molecule has 12 heteroatoms. The van der Waals surface area contributed by atoms with Crippen molar-refractivity contribution in [1.82, 2.24) is 0 Å². The first-order valence-corrected chi connectivity index (χ1v) is 11.6. The molecule has 0 amide bonds. The van der Waals surface area contributed by atoms with Crippen LogP contribution in [0.15, 0.2) is 39.2 Å². The number of benzene rings is 2. The van der Waals surface area contributed by atoms with Gasteiger partial charge >= 0.3 is 5.43 Å². The van der Waals surface area contributed by atoms with Crippen molar-refractivity contribution in [3.05, 3.63) is 41.5 Å². The third-order valence-corrected chi connectivity index (χ3v) is 6.43. The summed E-state index contributed by atoms with van der Waals surface area (Å²) < 4.78 is 34.2. The molecule has 1 aliphatic rings. The van der Waals surface area contributed by atoms with E-state index in [1.165, 1.54) is 38.5 Å². The zero-order chi connectivity index (χ0) is 27.3. The predicted octanol–water partition coefficient (Wildman–Crippen LogP) is 1.06. The molecule has 1 fully saturated rings. The van der Waals surface area contributed by atoms with E-state index in [-0.39, 0.29) is 45.4 Å². The molecule has 2 aromatic carbocycles. The van der Waals surface area contributed by atoms with Gasteiger partial charge in [0.05, 0.1) is 38.3 Å². The van der Waals surface area contributed by atoms with Gasteiger partial charge < -0.3 is 53.3 Å². The zero-order valence-corrected chi connectivity index (χ0v) is 20.6. The lowest BCUT2D eigenvalue weighted by molar-refractivity contribution is -0.277. The van der Waals surface area contributed by atoms with Gasteiger partial charge in [-0.15, -0.1) is 0 Å². The number of aromatic hydroxyl groups is 1. The number of hydrogen-bond donors (Lipinski definition) is 5. The van der Waals surface area contributed by atoms with Crippen molar-refractivity contribution < 1.29 is 58.1 Å². The predicted molar refractivity (Wildman–Crippen MR) is 130 cm³/mol. The molecular formula is C26H27O12+. The molecule has 5 rings (SSSR count). The first-order chi connectivity index (χ1) is 18.2. The molecule has 1 saturated heterocycles. The molecule has 12 nitrogen and oxygen atoms in total. The van der Waals surface area contributed by atoms with Crippen molar-refractivity contribution in [2.24, 2.45) is 0 Å². The van der Waals surface area contributed by atoms with Crippen molar-refractivity contribution in [2.75, 3.05) is 20.8 Å². The molecule has 38 heavy (non-hydrogen) atoms. The summed E-state index contributed by atoms with van der Waals surface area (Å²) in [5, 5.41) is 52.1. The largest absolute Gasteiger partial charge is 0.502 e. The van der Waals surface area contributed by atoms with Crippen LogP contribution in [0.5, 0.6) is 23.0 Å². The van der Waals surface area contributed by atoms with Crippen LogP contribution in [-0.4, -0.2) is 81.9 Å². The lowest BCUT2D eigenvalue weighted by Gasteiger charge is -2.39. The second-order valence-corrected chi connectivity index (χ2v) is 8.89. The SMILES string of the molecule is COc1cc(-c2oc3cc(=[OH+])cc4oc(C)cc(c2O[C@@H]2O[C@H](CO)[C@@H](O)[C@H](O)[C@H]2O)c43)cc(OC)c1O. The molecule has 1 aliphatic heterocycles. The van der Waals surface area contributed by atoms with E-state index < -0.39 is 37.3 Å². The Morgan fingerprint density at radius 3 is 2.13 bits per heavy atom. The number of phenolic OH excluding ortho intramolecular Hbond substituents is 1. The Hall–Kier alpha value is -3.81. The van der Waals surface area contributed by atoms with E-state index in [2.05, 4.69) is 0 Å². The van der Waals surface area contributed by atoms with Crippen LogP contribution < -0.4 is 19.6 Å².